The van der Waals surface area contributed by atoms with Gasteiger partial charge >= 0.3 is 0 Å². The van der Waals surface area contributed by atoms with E-state index in [4.69, 9.17) is 19.2 Å². The third-order valence-electron chi connectivity index (χ3n) is 10.2. The molecule has 6 rings (SSSR count). The first kappa shape index (κ1) is 35.1. The first-order chi connectivity index (χ1) is 24.2. The van der Waals surface area contributed by atoms with Crippen molar-refractivity contribution in [2.75, 3.05) is 72.0 Å². The average molecular weight is 688 g/mol. The molecule has 0 aliphatic carbocycles. The lowest BCUT2D eigenvalue weighted by molar-refractivity contribution is -0.132. The van der Waals surface area contributed by atoms with Crippen molar-refractivity contribution in [3.8, 4) is 17.2 Å². The number of methoxy groups -OCH3 is 3. The van der Waals surface area contributed by atoms with E-state index in [9.17, 15) is 9.59 Å². The van der Waals surface area contributed by atoms with Crippen molar-refractivity contribution in [2.24, 2.45) is 5.92 Å². The van der Waals surface area contributed by atoms with Crippen LogP contribution in [0.3, 0.4) is 0 Å². The van der Waals surface area contributed by atoms with Crippen molar-refractivity contribution >= 4 is 34.3 Å². The van der Waals surface area contributed by atoms with Crippen molar-refractivity contribution in [1.29, 1.82) is 0 Å². The predicted octanol–water partition coefficient (Wildman–Crippen LogP) is 3.33. The molecule has 0 radical (unpaired) electrons. The zero-order chi connectivity index (χ0) is 35.4. The monoisotopic (exact) mass is 687 g/mol. The number of carbonyl (C=O) groups is 2. The van der Waals surface area contributed by atoms with Crippen LogP contribution in [0.1, 0.15) is 55.1 Å². The van der Waals surface area contributed by atoms with Crippen LogP contribution in [-0.4, -0.2) is 113 Å². The Morgan fingerprint density at radius 3 is 2.60 bits per heavy atom. The first-order valence-corrected chi connectivity index (χ1v) is 17.5. The molecule has 2 aliphatic heterocycles. The van der Waals surface area contributed by atoms with Gasteiger partial charge in [-0.2, -0.15) is 10.1 Å². The summed E-state index contributed by atoms with van der Waals surface area (Å²) in [6.07, 6.45) is 4.61. The number of hydrogen-bond acceptors (Lipinski definition) is 11. The number of likely N-dealkylation sites (N-methyl/N-ethyl adjacent to an activating group) is 1. The molecule has 4 aromatic rings. The largest absolute Gasteiger partial charge is 0.493 e. The molecule has 1 aromatic carbocycles. The van der Waals surface area contributed by atoms with Crippen LogP contribution in [0, 0.1) is 19.8 Å². The Bertz CT molecular complexity index is 1860. The van der Waals surface area contributed by atoms with E-state index in [-0.39, 0.29) is 24.2 Å². The van der Waals surface area contributed by atoms with Gasteiger partial charge in [0, 0.05) is 87.1 Å². The summed E-state index contributed by atoms with van der Waals surface area (Å²) in [6, 6.07) is 4.07. The van der Waals surface area contributed by atoms with Crippen molar-refractivity contribution in [1.82, 2.24) is 39.7 Å². The minimum absolute atomic E-state index is 0.0106. The number of rotatable bonds is 7. The van der Waals surface area contributed by atoms with E-state index in [1.165, 1.54) is 6.33 Å². The lowest BCUT2D eigenvalue weighted by Crippen LogP contribution is -2.42. The number of aryl methyl sites for hydroxylation is 2. The number of fused-ring (bicyclic) bond motifs is 6. The maximum atomic E-state index is 13.8. The topological polar surface area (TPSA) is 140 Å². The van der Waals surface area contributed by atoms with Crippen LogP contribution in [0.2, 0.25) is 0 Å². The third kappa shape index (κ3) is 7.25. The summed E-state index contributed by atoms with van der Waals surface area (Å²) in [6.45, 7) is 11.2. The molecule has 268 valence electrons. The zero-order valence-corrected chi connectivity index (χ0v) is 30.1. The smallest absolute Gasteiger partial charge is 0.252 e. The summed E-state index contributed by atoms with van der Waals surface area (Å²) >= 11 is 0. The number of benzene rings is 1. The number of hydrogen-bond donors (Lipinski definition) is 1. The number of pyridine rings is 1. The van der Waals surface area contributed by atoms with Crippen LogP contribution in [0.5, 0.6) is 17.2 Å². The molecule has 1 unspecified atom stereocenters. The highest BCUT2D eigenvalue weighted by molar-refractivity contribution is 5.92. The molecule has 1 atom stereocenters. The van der Waals surface area contributed by atoms with Crippen LogP contribution in [-0.2, 0) is 22.6 Å². The normalized spacial score (nSPS) is 18.0. The predicted molar refractivity (Wildman–Crippen MR) is 190 cm³/mol. The van der Waals surface area contributed by atoms with E-state index in [0.29, 0.717) is 68.6 Å². The van der Waals surface area contributed by atoms with Crippen molar-refractivity contribution < 1.29 is 23.8 Å². The Morgan fingerprint density at radius 2 is 1.84 bits per heavy atom. The molecule has 14 nitrogen and oxygen atoms in total. The number of piperidine rings is 1. The highest BCUT2D eigenvalue weighted by atomic mass is 16.5. The standard InChI is InChI=1S/C36H49N9O5/c1-7-42-15-16-43(32(47)11-10-27-23(2)40-36-38-22-39-45(36)24(27)3)14-12-31(46)37-19-25-9-8-13-44(20-25)35-26(21-42)17-28-29(41-35)18-30(48-4)34(50-6)33(28)49-5/h17-18,22,25H,7-16,19-21H2,1-6H3,(H,37,46). The van der Waals surface area contributed by atoms with Gasteiger partial charge in [-0.1, -0.05) is 6.92 Å². The van der Waals surface area contributed by atoms with Gasteiger partial charge in [-0.05, 0) is 57.2 Å². The Kier molecular flexibility index (Phi) is 10.8. The molecule has 0 saturated carbocycles. The van der Waals surface area contributed by atoms with Gasteiger partial charge in [0.05, 0.1) is 26.8 Å². The minimum Gasteiger partial charge on any atom is -0.493 e. The molecule has 14 heteroatoms. The molecular formula is C36H49N9O5. The van der Waals surface area contributed by atoms with Crippen LogP contribution >= 0.6 is 0 Å². The minimum atomic E-state index is -0.0349. The second-order valence-electron chi connectivity index (χ2n) is 13.2. The molecule has 2 aliphatic rings. The third-order valence-corrected chi connectivity index (χ3v) is 10.2. The number of nitrogens with zero attached hydrogens (tertiary/aromatic N) is 8. The van der Waals surface area contributed by atoms with Gasteiger partial charge in [0.15, 0.2) is 11.5 Å². The van der Waals surface area contributed by atoms with Crippen LogP contribution in [0.4, 0.5) is 5.82 Å². The van der Waals surface area contributed by atoms with Gasteiger partial charge in [0.25, 0.3) is 5.78 Å². The SMILES string of the molecule is CCN1CCN(C(=O)CCc2c(C)nc3ncnn3c2C)CCC(=O)NCC2CCCN(C2)c2nc3cc(OC)c(OC)c(OC)c3cc2C1. The number of anilines is 1. The molecule has 1 N–H and O–H groups in total. The molecular weight excluding hydrogens is 638 g/mol. The zero-order valence-electron chi connectivity index (χ0n) is 30.1. The van der Waals surface area contributed by atoms with E-state index in [1.807, 2.05) is 24.8 Å². The molecule has 3 aromatic heterocycles. The van der Waals surface area contributed by atoms with Crippen LogP contribution < -0.4 is 24.4 Å². The van der Waals surface area contributed by atoms with E-state index >= 15 is 0 Å². The van der Waals surface area contributed by atoms with Gasteiger partial charge in [-0.3, -0.25) is 14.5 Å². The molecule has 2 amide bonds. The second-order valence-corrected chi connectivity index (χ2v) is 13.2. The molecule has 2 bridgehead atoms. The molecule has 5 heterocycles. The summed E-state index contributed by atoms with van der Waals surface area (Å²) < 4.78 is 18.9. The summed E-state index contributed by atoms with van der Waals surface area (Å²) in [5, 5.41) is 8.31. The van der Waals surface area contributed by atoms with Gasteiger partial charge in [0.2, 0.25) is 17.6 Å². The Hall–Kier alpha value is -4.72. The number of amides is 2. The number of aromatic nitrogens is 5. The fourth-order valence-electron chi connectivity index (χ4n) is 7.34. The maximum absolute atomic E-state index is 13.8. The van der Waals surface area contributed by atoms with Gasteiger partial charge < -0.3 is 29.3 Å². The number of carbonyl (C=O) groups excluding carboxylic acids is 2. The van der Waals surface area contributed by atoms with E-state index in [1.54, 1.807) is 25.8 Å². The van der Waals surface area contributed by atoms with Gasteiger partial charge in [-0.25, -0.2) is 14.5 Å². The lowest BCUT2D eigenvalue weighted by Gasteiger charge is -2.35. The Balaban J connectivity index is 1.30. The summed E-state index contributed by atoms with van der Waals surface area (Å²) in [5.41, 5.74) is 4.60. The molecule has 50 heavy (non-hydrogen) atoms. The summed E-state index contributed by atoms with van der Waals surface area (Å²) in [4.78, 5) is 47.5. The number of nitrogens with one attached hydrogen (secondary N) is 1. The van der Waals surface area contributed by atoms with Crippen LogP contribution in [0.15, 0.2) is 18.5 Å². The van der Waals surface area contributed by atoms with Gasteiger partial charge in [0.1, 0.15) is 12.1 Å². The fraction of sp³-hybridized carbons (Fsp3) is 0.556. The summed E-state index contributed by atoms with van der Waals surface area (Å²) in [7, 11) is 4.85. The van der Waals surface area contributed by atoms with Crippen molar-refractivity contribution in [3.63, 3.8) is 0 Å². The van der Waals surface area contributed by atoms with Gasteiger partial charge in [-0.15, -0.1) is 0 Å². The maximum Gasteiger partial charge on any atom is 0.252 e. The number of ether oxygens (including phenoxy) is 3. The molecule has 1 fully saturated rings. The molecule has 0 spiro atoms. The average Bonchev–Trinajstić information content (AvgIpc) is 3.60. The second kappa shape index (κ2) is 15.4. The molecule has 1 saturated heterocycles. The lowest BCUT2D eigenvalue weighted by atomic mass is 9.97. The highest BCUT2D eigenvalue weighted by Gasteiger charge is 2.27. The highest BCUT2D eigenvalue weighted by Crippen LogP contribution is 2.44. The quantitative estimate of drug-likeness (QED) is 0.306. The first-order valence-electron chi connectivity index (χ1n) is 17.5. The van der Waals surface area contributed by atoms with E-state index in [0.717, 1.165) is 71.7 Å². The fourth-order valence-corrected chi connectivity index (χ4v) is 7.34. The van der Waals surface area contributed by atoms with Crippen molar-refractivity contribution in [2.45, 2.75) is 59.4 Å². The van der Waals surface area contributed by atoms with E-state index < -0.39 is 0 Å². The Labute approximate surface area is 293 Å². The Morgan fingerprint density at radius 1 is 1.02 bits per heavy atom. The van der Waals surface area contributed by atoms with Crippen LogP contribution in [0.25, 0.3) is 16.7 Å². The van der Waals surface area contributed by atoms with Crippen molar-refractivity contribution in [3.05, 3.63) is 41.0 Å². The summed E-state index contributed by atoms with van der Waals surface area (Å²) in [5.74, 6) is 3.40. The van der Waals surface area contributed by atoms with E-state index in [2.05, 4.69) is 43.2 Å².